The lowest BCUT2D eigenvalue weighted by atomic mass is 9.99. The van der Waals surface area contributed by atoms with Gasteiger partial charge in [-0.05, 0) is 37.0 Å². The van der Waals surface area contributed by atoms with Crippen molar-refractivity contribution < 1.29 is 19.1 Å². The van der Waals surface area contributed by atoms with E-state index in [0.29, 0.717) is 30.8 Å². The molecule has 170 valence electrons. The minimum atomic E-state index is -0.746. The van der Waals surface area contributed by atoms with Gasteiger partial charge in [0.2, 0.25) is 5.91 Å². The lowest BCUT2D eigenvalue weighted by Gasteiger charge is -2.23. The highest BCUT2D eigenvalue weighted by Gasteiger charge is 2.29. The van der Waals surface area contributed by atoms with Crippen molar-refractivity contribution in [2.45, 2.75) is 32.7 Å². The maximum absolute atomic E-state index is 13.0. The Morgan fingerprint density at radius 2 is 2.16 bits per heavy atom. The van der Waals surface area contributed by atoms with Gasteiger partial charge in [-0.2, -0.15) is 5.26 Å². The number of carbonyl (C=O) groups is 3. The number of amides is 2. The van der Waals surface area contributed by atoms with Crippen LogP contribution in [0.5, 0.6) is 5.75 Å². The van der Waals surface area contributed by atoms with Crippen LogP contribution in [0.15, 0.2) is 24.3 Å². The number of aromatic amines is 1. The highest BCUT2D eigenvalue weighted by Crippen LogP contribution is 2.26. The number of fused-ring (bicyclic) bond motifs is 1. The van der Waals surface area contributed by atoms with Crippen molar-refractivity contribution in [1.29, 1.82) is 5.26 Å². The molecule has 1 aromatic carbocycles. The molecule has 2 unspecified atom stereocenters. The number of nitrogens with zero attached hydrogens (tertiary/aromatic N) is 2. The second kappa shape index (κ2) is 10.2. The van der Waals surface area contributed by atoms with E-state index in [9.17, 15) is 19.6 Å². The third-order valence-corrected chi connectivity index (χ3v) is 5.58. The number of hydrogen-bond acceptors (Lipinski definition) is 6. The van der Waals surface area contributed by atoms with Crippen LogP contribution < -0.4 is 15.4 Å². The van der Waals surface area contributed by atoms with Gasteiger partial charge in [-0.25, -0.2) is 0 Å². The Balaban J connectivity index is 1.71. The molecule has 1 aliphatic heterocycles. The fraction of sp³-hybridized carbons (Fsp3) is 0.478. The fourth-order valence-corrected chi connectivity index (χ4v) is 3.93. The van der Waals surface area contributed by atoms with Gasteiger partial charge in [0.25, 0.3) is 5.91 Å². The van der Waals surface area contributed by atoms with Crippen molar-refractivity contribution in [2.24, 2.45) is 11.8 Å². The van der Waals surface area contributed by atoms with Crippen molar-refractivity contribution in [2.75, 3.05) is 26.7 Å². The van der Waals surface area contributed by atoms with E-state index in [-0.39, 0.29) is 36.6 Å². The summed E-state index contributed by atoms with van der Waals surface area (Å²) in [6.45, 7) is 4.55. The van der Waals surface area contributed by atoms with Gasteiger partial charge in [0, 0.05) is 24.0 Å². The van der Waals surface area contributed by atoms with Gasteiger partial charge in [0.1, 0.15) is 11.4 Å². The summed E-state index contributed by atoms with van der Waals surface area (Å²) in [7, 11) is 1.56. The number of carbonyl (C=O) groups excluding carboxylic acids is 3. The van der Waals surface area contributed by atoms with Gasteiger partial charge in [0.05, 0.1) is 25.6 Å². The first kappa shape index (κ1) is 23.1. The van der Waals surface area contributed by atoms with Crippen LogP contribution in [0, 0.1) is 23.3 Å². The van der Waals surface area contributed by atoms with E-state index < -0.39 is 11.9 Å². The number of hydrogen-bond donors (Lipinski definition) is 3. The molecular weight excluding hydrogens is 410 g/mol. The Labute approximate surface area is 187 Å². The molecule has 2 amide bonds. The van der Waals surface area contributed by atoms with Gasteiger partial charge in [-0.3, -0.25) is 14.4 Å². The van der Waals surface area contributed by atoms with Crippen molar-refractivity contribution in [1.82, 2.24) is 20.5 Å². The number of H-pyrrole nitrogens is 1. The Morgan fingerprint density at radius 3 is 2.78 bits per heavy atom. The zero-order valence-corrected chi connectivity index (χ0v) is 18.6. The number of aromatic nitrogens is 1. The van der Waals surface area contributed by atoms with Crippen LogP contribution in [-0.2, 0) is 9.59 Å². The minimum absolute atomic E-state index is 0.0982. The first-order chi connectivity index (χ1) is 15.3. The quantitative estimate of drug-likeness (QED) is 0.383. The molecule has 2 heterocycles. The summed E-state index contributed by atoms with van der Waals surface area (Å²) < 4.78 is 5.34. The third kappa shape index (κ3) is 5.38. The number of ether oxygens (including phenoxy) is 1. The van der Waals surface area contributed by atoms with Crippen LogP contribution in [0.1, 0.15) is 37.2 Å². The van der Waals surface area contributed by atoms with E-state index in [2.05, 4.69) is 15.6 Å². The smallest absolute Gasteiger partial charge is 0.268 e. The van der Waals surface area contributed by atoms with Gasteiger partial charge >= 0.3 is 0 Å². The SMILES string of the molecule is COc1cccc2[nH]c(C(=O)NC(CC(C)C)C(=O)CN(C#N)CC3CCNC3=O)cc12. The topological polar surface area (TPSA) is 127 Å². The summed E-state index contributed by atoms with van der Waals surface area (Å²) in [6.07, 6.45) is 3.09. The van der Waals surface area contributed by atoms with Gasteiger partial charge in [-0.1, -0.05) is 19.9 Å². The molecule has 3 rings (SSSR count). The van der Waals surface area contributed by atoms with E-state index in [1.54, 1.807) is 13.2 Å². The molecule has 0 bridgehead atoms. The monoisotopic (exact) mass is 439 g/mol. The van der Waals surface area contributed by atoms with Crippen molar-refractivity contribution >= 4 is 28.5 Å². The predicted molar refractivity (Wildman–Crippen MR) is 119 cm³/mol. The maximum atomic E-state index is 13.0. The molecule has 0 radical (unpaired) electrons. The molecule has 0 aliphatic carbocycles. The highest BCUT2D eigenvalue weighted by molar-refractivity contribution is 6.01. The predicted octanol–water partition coefficient (Wildman–Crippen LogP) is 1.81. The number of nitriles is 1. The molecular formula is C23H29N5O4. The van der Waals surface area contributed by atoms with Crippen LogP contribution in [-0.4, -0.2) is 60.3 Å². The largest absolute Gasteiger partial charge is 0.496 e. The lowest BCUT2D eigenvalue weighted by molar-refractivity contribution is -0.124. The number of ketones is 1. The maximum Gasteiger partial charge on any atom is 0.268 e. The third-order valence-electron chi connectivity index (χ3n) is 5.58. The average molecular weight is 440 g/mol. The summed E-state index contributed by atoms with van der Waals surface area (Å²) in [6, 6.07) is 6.43. The van der Waals surface area contributed by atoms with E-state index in [1.807, 2.05) is 38.2 Å². The van der Waals surface area contributed by atoms with E-state index in [0.717, 1.165) is 10.9 Å². The Hall–Kier alpha value is -3.54. The molecule has 3 N–H and O–H groups in total. The summed E-state index contributed by atoms with van der Waals surface area (Å²) in [5.41, 5.74) is 1.08. The molecule has 1 fully saturated rings. The fourth-order valence-electron chi connectivity index (χ4n) is 3.93. The standard InChI is InChI=1S/C23H29N5O4/c1-14(2)9-18(20(29)12-28(13-24)11-15-7-8-25-22(15)30)27-23(31)19-10-16-17(26-19)5-4-6-21(16)32-3/h4-6,10,14-15,18,26H,7-9,11-12H2,1-3H3,(H,25,30)(H,27,31). The Bertz CT molecular complexity index is 1040. The van der Waals surface area contributed by atoms with E-state index in [1.165, 1.54) is 4.90 Å². The molecule has 1 aromatic heterocycles. The molecule has 1 saturated heterocycles. The molecule has 32 heavy (non-hydrogen) atoms. The number of methoxy groups -OCH3 is 1. The normalized spacial score (nSPS) is 16.5. The first-order valence-electron chi connectivity index (χ1n) is 10.7. The lowest BCUT2D eigenvalue weighted by Crippen LogP contribution is -2.46. The van der Waals surface area contributed by atoms with E-state index in [4.69, 9.17) is 4.74 Å². The summed E-state index contributed by atoms with van der Waals surface area (Å²) >= 11 is 0. The molecule has 0 saturated carbocycles. The number of benzene rings is 1. The minimum Gasteiger partial charge on any atom is -0.496 e. The summed E-state index contributed by atoms with van der Waals surface area (Å²) in [5.74, 6) is -0.265. The van der Waals surface area contributed by atoms with Crippen LogP contribution in [0.25, 0.3) is 10.9 Å². The molecule has 0 spiro atoms. The van der Waals surface area contributed by atoms with Gasteiger partial charge in [0.15, 0.2) is 12.0 Å². The molecule has 9 nitrogen and oxygen atoms in total. The molecule has 2 atom stereocenters. The molecule has 2 aromatic rings. The number of Topliss-reactive ketones (excluding diaryl/α,β-unsaturated/α-hetero) is 1. The average Bonchev–Trinajstić information content (AvgIpc) is 3.38. The second-order valence-corrected chi connectivity index (χ2v) is 8.48. The summed E-state index contributed by atoms with van der Waals surface area (Å²) in [4.78, 5) is 42.1. The zero-order valence-electron chi connectivity index (χ0n) is 18.6. The summed E-state index contributed by atoms with van der Waals surface area (Å²) in [5, 5.41) is 15.8. The Morgan fingerprint density at radius 1 is 1.38 bits per heavy atom. The van der Waals surface area contributed by atoms with E-state index >= 15 is 0 Å². The van der Waals surface area contributed by atoms with Gasteiger partial charge < -0.3 is 25.3 Å². The van der Waals surface area contributed by atoms with Crippen LogP contribution in [0.2, 0.25) is 0 Å². The number of nitrogens with one attached hydrogen (secondary N) is 3. The molecule has 1 aliphatic rings. The number of rotatable bonds is 10. The zero-order chi connectivity index (χ0) is 23.3. The second-order valence-electron chi connectivity index (χ2n) is 8.48. The van der Waals surface area contributed by atoms with Crippen LogP contribution in [0.4, 0.5) is 0 Å². The van der Waals surface area contributed by atoms with Crippen molar-refractivity contribution in [3.05, 3.63) is 30.0 Å². The molecule has 9 heteroatoms. The first-order valence-corrected chi connectivity index (χ1v) is 10.7. The van der Waals surface area contributed by atoms with Crippen molar-refractivity contribution in [3.8, 4) is 11.9 Å². The Kier molecular flexibility index (Phi) is 7.36. The van der Waals surface area contributed by atoms with Crippen molar-refractivity contribution in [3.63, 3.8) is 0 Å². The van der Waals surface area contributed by atoms with Crippen LogP contribution in [0.3, 0.4) is 0 Å². The van der Waals surface area contributed by atoms with Crippen LogP contribution >= 0.6 is 0 Å². The van der Waals surface area contributed by atoms with Gasteiger partial charge in [-0.15, -0.1) is 0 Å². The highest BCUT2D eigenvalue weighted by atomic mass is 16.5.